The number of aromatic carboxylic acids is 1. The number of aliphatic hydroxyl groups is 2. The zero-order valence-corrected chi connectivity index (χ0v) is 17.9. The predicted molar refractivity (Wildman–Crippen MR) is 114 cm³/mol. The van der Waals surface area contributed by atoms with Crippen LogP contribution in [-0.4, -0.2) is 39.6 Å². The Bertz CT molecular complexity index is 1090. The van der Waals surface area contributed by atoms with Gasteiger partial charge in [-0.2, -0.15) is 0 Å². The minimum absolute atomic E-state index is 0.0509. The number of fused-ring (bicyclic) bond motifs is 2. The van der Waals surface area contributed by atoms with Gasteiger partial charge in [0.1, 0.15) is 17.7 Å². The number of carboxylic acid groups (broad SMARTS) is 1. The molecular weight excluding hydrogens is 437 g/mol. The number of hydrogen-bond donors (Lipinski definition) is 3. The lowest BCUT2D eigenvalue weighted by Crippen LogP contribution is -2.24. The predicted octanol–water partition coefficient (Wildman–Crippen LogP) is 4.21. The Morgan fingerprint density at radius 1 is 1.21 bits per heavy atom. The highest BCUT2D eigenvalue weighted by Gasteiger charge is 2.44. The van der Waals surface area contributed by atoms with Crippen LogP contribution in [0.2, 0.25) is 0 Å². The molecule has 0 spiro atoms. The Morgan fingerprint density at radius 2 is 1.97 bits per heavy atom. The summed E-state index contributed by atoms with van der Waals surface area (Å²) in [5.74, 6) is -4.92. The van der Waals surface area contributed by atoms with Crippen molar-refractivity contribution in [3.8, 4) is 5.75 Å². The Kier molecular flexibility index (Phi) is 6.50. The molecule has 1 saturated carbocycles. The van der Waals surface area contributed by atoms with Crippen LogP contribution < -0.4 is 4.74 Å². The molecule has 1 fully saturated rings. The molecule has 2 aliphatic rings. The van der Waals surface area contributed by atoms with Crippen LogP contribution in [0.25, 0.3) is 0 Å². The highest BCUT2D eigenvalue weighted by molar-refractivity contribution is 5.88. The molecule has 0 aromatic heterocycles. The summed E-state index contributed by atoms with van der Waals surface area (Å²) in [5.41, 5.74) is 0.151. The fourth-order valence-corrected chi connectivity index (χ4v) is 4.90. The van der Waals surface area contributed by atoms with Crippen LogP contribution in [-0.2, 0) is 6.42 Å². The molecule has 3 N–H and O–H groups in total. The average Bonchev–Trinajstić information content (AvgIpc) is 2.94. The van der Waals surface area contributed by atoms with Gasteiger partial charge in [-0.25, -0.2) is 18.0 Å². The fourth-order valence-electron chi connectivity index (χ4n) is 4.90. The van der Waals surface area contributed by atoms with E-state index in [0.29, 0.717) is 18.4 Å². The second-order valence-electron chi connectivity index (χ2n) is 8.79. The van der Waals surface area contributed by atoms with E-state index in [1.807, 2.05) is 0 Å². The molecule has 0 saturated heterocycles. The molecule has 1 aliphatic carbocycles. The lowest BCUT2D eigenvalue weighted by atomic mass is 9.87. The fraction of sp³-hybridized carbons (Fsp3) is 0.400. The van der Waals surface area contributed by atoms with Crippen molar-refractivity contribution in [2.45, 2.75) is 50.4 Å². The monoisotopic (exact) mass is 462 g/mol. The highest BCUT2D eigenvalue weighted by Crippen LogP contribution is 2.43. The maximum Gasteiger partial charge on any atom is 0.338 e. The highest BCUT2D eigenvalue weighted by atomic mass is 19.1. The minimum atomic E-state index is -1.38. The summed E-state index contributed by atoms with van der Waals surface area (Å²) in [4.78, 5) is 11.3. The molecule has 2 unspecified atom stereocenters. The second kappa shape index (κ2) is 9.19. The zero-order chi connectivity index (χ0) is 23.9. The molecule has 33 heavy (non-hydrogen) atoms. The third-order valence-corrected chi connectivity index (χ3v) is 6.81. The topological polar surface area (TPSA) is 87.0 Å². The van der Waals surface area contributed by atoms with Crippen LogP contribution in [0.15, 0.2) is 42.5 Å². The summed E-state index contributed by atoms with van der Waals surface area (Å²) in [5, 5.41) is 30.3. The van der Waals surface area contributed by atoms with Crippen LogP contribution in [0.5, 0.6) is 5.75 Å². The van der Waals surface area contributed by atoms with E-state index in [4.69, 9.17) is 4.74 Å². The van der Waals surface area contributed by atoms with Crippen molar-refractivity contribution >= 4 is 5.97 Å². The molecule has 1 heterocycles. The lowest BCUT2D eigenvalue weighted by molar-refractivity contribution is 0.0688. The summed E-state index contributed by atoms with van der Waals surface area (Å²) in [6.45, 7) is 1.58. The summed E-state index contributed by atoms with van der Waals surface area (Å²) in [6, 6.07) is 5.83. The number of halogens is 3. The smallest absolute Gasteiger partial charge is 0.338 e. The molecule has 5 nitrogen and oxygen atoms in total. The van der Waals surface area contributed by atoms with E-state index in [0.717, 1.165) is 18.2 Å². The van der Waals surface area contributed by atoms with Gasteiger partial charge >= 0.3 is 5.97 Å². The number of rotatable bonds is 5. The molecule has 0 radical (unpaired) electrons. The molecular formula is C25H25F3O5. The van der Waals surface area contributed by atoms with E-state index in [9.17, 15) is 33.3 Å². The van der Waals surface area contributed by atoms with Gasteiger partial charge in [-0.1, -0.05) is 25.1 Å². The molecule has 0 amide bonds. The van der Waals surface area contributed by atoms with Gasteiger partial charge in [0.2, 0.25) is 0 Å². The third-order valence-electron chi connectivity index (χ3n) is 6.81. The van der Waals surface area contributed by atoms with Gasteiger partial charge in [0, 0.05) is 24.2 Å². The molecule has 2 aromatic rings. The number of ether oxygens (including phenoxy) is 1. The number of carboxylic acids is 1. The van der Waals surface area contributed by atoms with Gasteiger partial charge in [0.15, 0.2) is 11.6 Å². The Hall–Kier alpha value is -2.84. The number of aliphatic hydroxyl groups excluding tert-OH is 2. The first-order valence-electron chi connectivity index (χ1n) is 10.9. The average molecular weight is 462 g/mol. The van der Waals surface area contributed by atoms with Crippen LogP contribution >= 0.6 is 0 Å². The van der Waals surface area contributed by atoms with Crippen molar-refractivity contribution in [1.29, 1.82) is 0 Å². The van der Waals surface area contributed by atoms with E-state index < -0.39 is 59.1 Å². The number of carbonyl (C=O) groups is 1. The van der Waals surface area contributed by atoms with Crippen LogP contribution in [0, 0.1) is 29.3 Å². The van der Waals surface area contributed by atoms with E-state index in [2.05, 4.69) is 0 Å². The van der Waals surface area contributed by atoms with E-state index in [1.54, 1.807) is 19.1 Å². The molecule has 4 rings (SSSR count). The van der Waals surface area contributed by atoms with E-state index >= 15 is 0 Å². The van der Waals surface area contributed by atoms with Crippen LogP contribution in [0.3, 0.4) is 0 Å². The van der Waals surface area contributed by atoms with Crippen molar-refractivity contribution in [3.63, 3.8) is 0 Å². The Labute approximate surface area is 189 Å². The molecule has 6 atom stereocenters. The first-order chi connectivity index (χ1) is 15.7. The van der Waals surface area contributed by atoms with E-state index in [1.165, 1.54) is 12.1 Å². The number of benzene rings is 2. The second-order valence-corrected chi connectivity index (χ2v) is 8.79. The van der Waals surface area contributed by atoms with Gasteiger partial charge in [-0.15, -0.1) is 0 Å². The van der Waals surface area contributed by atoms with Crippen LogP contribution in [0.4, 0.5) is 13.2 Å². The first kappa shape index (κ1) is 23.3. The van der Waals surface area contributed by atoms with Gasteiger partial charge in [-0.3, -0.25) is 0 Å². The summed E-state index contributed by atoms with van der Waals surface area (Å²) in [6.07, 6.45) is 1.91. The normalized spacial score (nSPS) is 26.2. The standard InChI is InChI=1S/C25H25F3O5/c1-12(18-10-14(26)4-8-19(18)27)20(29)9-7-15-16-5-2-13-3-6-17(25(31)32)23(28)24(13)33-22(16)11-21(15)30/h3-4,6-10,12,15-16,20-22,29-30H,2,5,11H2,1H3,(H,31,32)/b9-7+/t12?,15-,16-,20?,21-,22+/m1/s1. The molecule has 176 valence electrons. The van der Waals surface area contributed by atoms with Crippen molar-refractivity contribution < 1.29 is 38.0 Å². The first-order valence-corrected chi connectivity index (χ1v) is 10.9. The van der Waals surface area contributed by atoms with Gasteiger partial charge in [-0.05, 0) is 48.2 Å². The number of hydrogen-bond acceptors (Lipinski definition) is 4. The summed E-state index contributed by atoms with van der Waals surface area (Å²) < 4.78 is 48.2. The van der Waals surface area contributed by atoms with Gasteiger partial charge in [0.25, 0.3) is 0 Å². The maximum absolute atomic E-state index is 14.7. The quantitative estimate of drug-likeness (QED) is 0.580. The summed E-state index contributed by atoms with van der Waals surface area (Å²) in [7, 11) is 0. The van der Waals surface area contributed by atoms with Crippen molar-refractivity contribution in [2.75, 3.05) is 0 Å². The SMILES string of the molecule is CC(c1cc(F)ccc1F)C(O)/C=C/[C@@H]1[C@H]2CCc3ccc(C(=O)O)c(F)c3O[C@H]2C[C@H]1O. The van der Waals surface area contributed by atoms with Crippen LogP contribution in [0.1, 0.15) is 47.2 Å². The molecule has 8 heteroatoms. The zero-order valence-electron chi connectivity index (χ0n) is 17.9. The van der Waals surface area contributed by atoms with Gasteiger partial charge < -0.3 is 20.1 Å². The van der Waals surface area contributed by atoms with Crippen molar-refractivity contribution in [3.05, 3.63) is 76.6 Å². The molecule has 1 aliphatic heterocycles. The maximum atomic E-state index is 14.7. The third kappa shape index (κ3) is 4.50. The van der Waals surface area contributed by atoms with Gasteiger partial charge in [0.05, 0.1) is 17.8 Å². The Morgan fingerprint density at radius 3 is 2.70 bits per heavy atom. The summed E-state index contributed by atoms with van der Waals surface area (Å²) >= 11 is 0. The lowest BCUT2D eigenvalue weighted by Gasteiger charge is -2.22. The van der Waals surface area contributed by atoms with Crippen molar-refractivity contribution in [1.82, 2.24) is 0 Å². The van der Waals surface area contributed by atoms with Crippen molar-refractivity contribution in [2.24, 2.45) is 11.8 Å². The minimum Gasteiger partial charge on any atom is -0.487 e. The molecule has 2 aromatic carbocycles. The van der Waals surface area contributed by atoms with E-state index in [-0.39, 0.29) is 23.7 Å². The Balaban J connectivity index is 1.52. The largest absolute Gasteiger partial charge is 0.487 e. The molecule has 0 bridgehead atoms. The number of aryl methyl sites for hydroxylation is 1.